The van der Waals surface area contributed by atoms with Gasteiger partial charge in [0.05, 0.1) is 11.4 Å². The molecule has 5 rings (SSSR count). The summed E-state index contributed by atoms with van der Waals surface area (Å²) < 4.78 is 0. The number of nitrogens with zero attached hydrogens (tertiary/aromatic N) is 2. The summed E-state index contributed by atoms with van der Waals surface area (Å²) in [7, 11) is 0. The number of benzene rings is 3. The second-order valence-electron chi connectivity index (χ2n) is 9.87. The number of hydrogen-bond donors (Lipinski definition) is 0. The van der Waals surface area contributed by atoms with Gasteiger partial charge in [-0.05, 0) is 68.5 Å². The molecule has 0 bridgehead atoms. The Morgan fingerprint density at radius 2 is 1.09 bits per heavy atom. The number of aryl methyl sites for hydroxylation is 3. The molecule has 0 fully saturated rings. The van der Waals surface area contributed by atoms with E-state index in [1.165, 1.54) is 22.3 Å². The third-order valence-electron chi connectivity index (χ3n) is 6.64. The highest BCUT2D eigenvalue weighted by molar-refractivity contribution is 5.74. The van der Waals surface area contributed by atoms with Crippen LogP contribution in [0.1, 0.15) is 57.9 Å². The van der Waals surface area contributed by atoms with E-state index in [1.54, 1.807) is 0 Å². The summed E-state index contributed by atoms with van der Waals surface area (Å²) in [6.45, 7) is 14.2. The van der Waals surface area contributed by atoms with Crippen LogP contribution in [0.25, 0.3) is 33.6 Å². The van der Waals surface area contributed by atoms with Crippen molar-refractivity contribution in [3.05, 3.63) is 169 Å². The first kappa shape index (κ1) is 36.4. The SMILES string of the molecule is C/C=C\CCc1cnc(-c2ccc(-c3ccc(C)ccccc(C)n3)cc2)cc1-c1ccccc1.CC.CC.c1ccccc1. The molecule has 45 heavy (non-hydrogen) atoms. The zero-order valence-corrected chi connectivity index (χ0v) is 28.2. The van der Waals surface area contributed by atoms with Gasteiger partial charge in [-0.25, -0.2) is 0 Å². The predicted octanol–water partition coefficient (Wildman–Crippen LogP) is 12.5. The molecule has 3 aromatic carbocycles. The monoisotopic (exact) mass is 594 g/mol. The van der Waals surface area contributed by atoms with E-state index < -0.39 is 0 Å². The van der Waals surface area contributed by atoms with Crippen LogP contribution in [-0.2, 0) is 6.42 Å². The van der Waals surface area contributed by atoms with Crippen LogP contribution in [0.4, 0.5) is 0 Å². The molecule has 0 amide bonds. The Balaban J connectivity index is 0.000000613. The minimum absolute atomic E-state index is 0.950. The number of allylic oxidation sites excluding steroid dienone is 2. The Morgan fingerprint density at radius 3 is 1.69 bits per heavy atom. The molecule has 2 heterocycles. The van der Waals surface area contributed by atoms with E-state index in [0.29, 0.717) is 0 Å². The van der Waals surface area contributed by atoms with Gasteiger partial charge >= 0.3 is 0 Å². The molecule has 0 saturated carbocycles. The Bertz CT molecular complexity index is 1560. The summed E-state index contributed by atoms with van der Waals surface area (Å²) in [5.41, 5.74) is 10.0. The molecule has 0 aliphatic rings. The van der Waals surface area contributed by atoms with Crippen molar-refractivity contribution in [2.45, 2.75) is 61.3 Å². The van der Waals surface area contributed by atoms with Crippen LogP contribution in [0.5, 0.6) is 0 Å². The Morgan fingerprint density at radius 1 is 0.556 bits per heavy atom. The van der Waals surface area contributed by atoms with E-state index in [4.69, 9.17) is 9.97 Å². The third kappa shape index (κ3) is 12.7. The largest absolute Gasteiger partial charge is 0.256 e. The van der Waals surface area contributed by atoms with Crippen molar-refractivity contribution in [1.82, 2.24) is 9.97 Å². The van der Waals surface area contributed by atoms with Gasteiger partial charge in [0, 0.05) is 23.0 Å². The highest BCUT2D eigenvalue weighted by atomic mass is 14.7. The maximum Gasteiger partial charge on any atom is 0.0708 e. The molecular formula is C43H50N2. The van der Waals surface area contributed by atoms with E-state index in [2.05, 4.69) is 105 Å². The quantitative estimate of drug-likeness (QED) is 0.183. The molecule has 0 N–H and O–H groups in total. The summed E-state index contributed by atoms with van der Waals surface area (Å²) >= 11 is 0. The molecule has 0 saturated heterocycles. The fraction of sp³-hybridized carbons (Fsp3) is 0.209. The van der Waals surface area contributed by atoms with Crippen molar-refractivity contribution in [3.63, 3.8) is 0 Å². The van der Waals surface area contributed by atoms with Gasteiger partial charge in [-0.3, -0.25) is 9.97 Å². The maximum absolute atomic E-state index is 4.84. The summed E-state index contributed by atoms with van der Waals surface area (Å²) in [4.78, 5) is 9.67. The van der Waals surface area contributed by atoms with Crippen LogP contribution in [0.15, 0.2) is 152 Å². The van der Waals surface area contributed by atoms with Crippen molar-refractivity contribution in [2.75, 3.05) is 0 Å². The topological polar surface area (TPSA) is 25.8 Å². The van der Waals surface area contributed by atoms with Crippen LogP contribution in [0.3, 0.4) is 0 Å². The van der Waals surface area contributed by atoms with Gasteiger partial charge in [0.2, 0.25) is 0 Å². The molecule has 232 valence electrons. The smallest absolute Gasteiger partial charge is 0.0708 e. The highest BCUT2D eigenvalue weighted by Gasteiger charge is 2.09. The summed E-state index contributed by atoms with van der Waals surface area (Å²) in [5, 5.41) is 0. The molecule has 0 aliphatic heterocycles. The van der Waals surface area contributed by atoms with Crippen LogP contribution in [0, 0.1) is 13.8 Å². The molecule has 5 aromatic rings. The van der Waals surface area contributed by atoms with Gasteiger partial charge in [-0.1, -0.05) is 161 Å². The predicted molar refractivity (Wildman–Crippen MR) is 198 cm³/mol. The van der Waals surface area contributed by atoms with Crippen molar-refractivity contribution in [1.29, 1.82) is 0 Å². The summed E-state index contributed by atoms with van der Waals surface area (Å²) in [6, 6.07) is 45.8. The van der Waals surface area contributed by atoms with Crippen molar-refractivity contribution < 1.29 is 0 Å². The zero-order valence-electron chi connectivity index (χ0n) is 28.2. The first-order valence-electron chi connectivity index (χ1n) is 16.2. The fourth-order valence-electron chi connectivity index (χ4n) is 4.42. The average Bonchev–Trinajstić information content (AvgIpc) is 3.12. The Kier molecular flexibility index (Phi) is 17.6. The van der Waals surface area contributed by atoms with Gasteiger partial charge in [-0.15, -0.1) is 0 Å². The van der Waals surface area contributed by atoms with E-state index in [9.17, 15) is 0 Å². The van der Waals surface area contributed by atoms with E-state index in [0.717, 1.165) is 41.1 Å². The van der Waals surface area contributed by atoms with Gasteiger partial charge < -0.3 is 0 Å². The normalized spacial score (nSPS) is 9.76. The number of rotatable bonds is 6. The molecule has 0 spiro atoms. The van der Waals surface area contributed by atoms with Gasteiger partial charge in [0.15, 0.2) is 0 Å². The molecule has 2 nitrogen and oxygen atoms in total. The second-order valence-corrected chi connectivity index (χ2v) is 9.87. The second kappa shape index (κ2) is 21.8. The minimum Gasteiger partial charge on any atom is -0.256 e. The zero-order chi connectivity index (χ0) is 32.7. The standard InChI is InChI=1S/C33H32N2.C6H6.2C2H6/c1-4-5-7-16-30-24-34-33(23-31(30)27-14-8-6-9-15-27)29-20-18-28(19-21-29)32-22-17-25(2)12-10-11-13-26(3)35-32;1-2-4-6-5-3-1;2*1-2/h4-6,8-15,17-24H,7,16H2,1-3H3;1-6H;2*1-2H3/b5-4-,11-10?,12-10?,13-11?,22-17?,25-12?,25-17?,26-13?,32-22?,35-26?,35-32?;;;. The van der Waals surface area contributed by atoms with Gasteiger partial charge in [-0.2, -0.15) is 0 Å². The summed E-state index contributed by atoms with van der Waals surface area (Å²) in [6.07, 6.45) is 8.35. The van der Waals surface area contributed by atoms with Crippen LogP contribution >= 0.6 is 0 Å². The number of pyridine rings is 1. The molecule has 2 aromatic heterocycles. The average molecular weight is 595 g/mol. The van der Waals surface area contributed by atoms with Crippen molar-refractivity contribution >= 4 is 0 Å². The van der Waals surface area contributed by atoms with Crippen LogP contribution in [-0.4, -0.2) is 9.97 Å². The minimum atomic E-state index is 0.950. The Hall–Kier alpha value is -4.82. The lowest BCUT2D eigenvalue weighted by Crippen LogP contribution is -1.94. The highest BCUT2D eigenvalue weighted by Crippen LogP contribution is 2.30. The lowest BCUT2D eigenvalue weighted by molar-refractivity contribution is 0.989. The molecular weight excluding hydrogens is 544 g/mol. The van der Waals surface area contributed by atoms with E-state index >= 15 is 0 Å². The first-order chi connectivity index (χ1) is 22.1. The van der Waals surface area contributed by atoms with Gasteiger partial charge in [0.25, 0.3) is 0 Å². The van der Waals surface area contributed by atoms with Crippen LogP contribution in [0.2, 0.25) is 0 Å². The van der Waals surface area contributed by atoms with Crippen LogP contribution < -0.4 is 0 Å². The third-order valence-corrected chi connectivity index (χ3v) is 6.64. The maximum atomic E-state index is 4.84. The first-order valence-corrected chi connectivity index (χ1v) is 16.2. The molecule has 0 aliphatic carbocycles. The number of hydrogen-bond acceptors (Lipinski definition) is 2. The fourth-order valence-corrected chi connectivity index (χ4v) is 4.42. The van der Waals surface area contributed by atoms with E-state index in [1.807, 2.05) is 95.4 Å². The van der Waals surface area contributed by atoms with Gasteiger partial charge in [0.1, 0.15) is 0 Å². The lowest BCUT2D eigenvalue weighted by Gasteiger charge is -2.12. The molecule has 0 atom stereocenters. The Labute approximate surface area is 272 Å². The van der Waals surface area contributed by atoms with Crippen molar-refractivity contribution in [2.24, 2.45) is 0 Å². The molecule has 0 radical (unpaired) electrons. The number of aromatic nitrogens is 2. The summed E-state index contributed by atoms with van der Waals surface area (Å²) in [5.74, 6) is 0. The van der Waals surface area contributed by atoms with Crippen molar-refractivity contribution in [3.8, 4) is 33.6 Å². The lowest BCUT2D eigenvalue weighted by atomic mass is 9.96. The molecule has 2 heteroatoms. The van der Waals surface area contributed by atoms with E-state index in [-0.39, 0.29) is 0 Å². The molecule has 0 unspecified atom stereocenters.